The Balaban J connectivity index is 0.000000168. The Bertz CT molecular complexity index is 3320. The highest BCUT2D eigenvalue weighted by Gasteiger charge is 2.14. The lowest BCUT2D eigenvalue weighted by Crippen LogP contribution is -2.01. The zero-order chi connectivity index (χ0) is 55.0. The summed E-state index contributed by atoms with van der Waals surface area (Å²) in [6.45, 7) is 3.61. The maximum Gasteiger partial charge on any atom is 0.269 e. The predicted octanol–water partition coefficient (Wildman–Crippen LogP) is 20.3. The van der Waals surface area contributed by atoms with Crippen LogP contribution in [-0.2, 0) is 19.6 Å². The van der Waals surface area contributed by atoms with Crippen molar-refractivity contribution in [3.05, 3.63) is 250 Å². The molecule has 77 heavy (non-hydrogen) atoms. The molecule has 394 valence electrons. The minimum Gasteiger partial charge on any atom is -0.504 e. The van der Waals surface area contributed by atoms with Crippen LogP contribution in [0.3, 0.4) is 0 Å². The van der Waals surface area contributed by atoms with E-state index < -0.39 is 4.92 Å². The number of rotatable bonds is 16. The second-order valence-electron chi connectivity index (χ2n) is 16.6. The molecule has 9 nitrogen and oxygen atoms in total. The maximum atomic E-state index is 10.8. The van der Waals surface area contributed by atoms with Gasteiger partial charge in [0.25, 0.3) is 5.69 Å². The molecule has 9 aromatic carbocycles. The SMILES string of the molecule is Cc1ccc(Sc2ccccc2CNc2cc(Cl)cc(Cl)c2O)cc1.O=[N+]([O-])c1ccc(Sc2ccccc2CNc2cc(Cl)cc(Cl)c2O)cc1.Oc1c(Cl)cc(Cl)cc1NCc1ccccc1Sc1ccc(Cl)cc1. The number of halogens is 7. The van der Waals surface area contributed by atoms with Crippen LogP contribution in [0.1, 0.15) is 22.3 Å². The molecule has 0 saturated heterocycles. The summed E-state index contributed by atoms with van der Waals surface area (Å²) in [7, 11) is 0. The molecule has 0 heterocycles. The molecule has 0 unspecified atom stereocenters. The van der Waals surface area contributed by atoms with Gasteiger partial charge in [0.05, 0.1) is 37.1 Å². The van der Waals surface area contributed by atoms with Gasteiger partial charge in [0, 0.05) is 81.2 Å². The summed E-state index contributed by atoms with van der Waals surface area (Å²) in [6.07, 6.45) is 0. The summed E-state index contributed by atoms with van der Waals surface area (Å²) in [5.74, 6) is -0.0507. The largest absolute Gasteiger partial charge is 0.504 e. The van der Waals surface area contributed by atoms with Gasteiger partial charge in [0.1, 0.15) is 0 Å². The lowest BCUT2D eigenvalue weighted by Gasteiger charge is -2.13. The number of nitrogens with zero attached hydrogens (tertiary/aromatic N) is 1. The fourth-order valence-electron chi connectivity index (χ4n) is 7.05. The van der Waals surface area contributed by atoms with E-state index in [2.05, 4.69) is 65.3 Å². The average molecular weight is 1220 g/mol. The normalized spacial score (nSPS) is 10.6. The predicted molar refractivity (Wildman–Crippen MR) is 324 cm³/mol. The molecule has 0 amide bonds. The van der Waals surface area contributed by atoms with Crippen molar-refractivity contribution < 1.29 is 20.2 Å². The number of non-ortho nitro benzene ring substituents is 1. The number of hydrogen-bond donors (Lipinski definition) is 6. The van der Waals surface area contributed by atoms with Gasteiger partial charge in [-0.25, -0.2) is 0 Å². The zero-order valence-corrected chi connectivity index (χ0v) is 48.2. The molecular formula is C58H45Cl7N4O5S3. The van der Waals surface area contributed by atoms with E-state index in [-0.39, 0.29) is 38.0 Å². The van der Waals surface area contributed by atoms with E-state index in [9.17, 15) is 25.4 Å². The molecule has 6 N–H and O–H groups in total. The van der Waals surface area contributed by atoms with Crippen molar-refractivity contribution in [2.45, 2.75) is 55.9 Å². The summed E-state index contributed by atoms with van der Waals surface area (Å²) in [6, 6.07) is 56.0. The minimum atomic E-state index is -0.422. The average Bonchev–Trinajstić information content (AvgIpc) is 3.41. The number of phenols is 3. The molecule has 19 heteroatoms. The quantitative estimate of drug-likeness (QED) is 0.0313. The number of phenolic OH excluding ortho intramolecular Hbond substituents is 3. The Morgan fingerprint density at radius 3 is 1.04 bits per heavy atom. The number of benzene rings is 9. The Hall–Kier alpha value is -5.74. The van der Waals surface area contributed by atoms with Gasteiger partial charge in [0.15, 0.2) is 17.2 Å². The van der Waals surface area contributed by atoms with Gasteiger partial charge in [-0.15, -0.1) is 0 Å². The van der Waals surface area contributed by atoms with Crippen molar-refractivity contribution in [3.8, 4) is 17.2 Å². The van der Waals surface area contributed by atoms with E-state index in [0.717, 1.165) is 41.2 Å². The molecule has 0 saturated carbocycles. The molecule has 0 fully saturated rings. The fourth-order valence-corrected chi connectivity index (χ4v) is 11.5. The number of hydrogen-bond acceptors (Lipinski definition) is 11. The molecule has 0 bridgehead atoms. The van der Waals surface area contributed by atoms with E-state index in [1.165, 1.54) is 52.6 Å². The number of aryl methyl sites for hydroxylation is 1. The first-order chi connectivity index (χ1) is 37.0. The summed E-state index contributed by atoms with van der Waals surface area (Å²) < 4.78 is 0. The van der Waals surface area contributed by atoms with Crippen molar-refractivity contribution in [1.82, 2.24) is 0 Å². The zero-order valence-electron chi connectivity index (χ0n) is 40.4. The van der Waals surface area contributed by atoms with E-state index in [0.29, 0.717) is 56.8 Å². The van der Waals surface area contributed by atoms with Gasteiger partial charge in [-0.05, 0) is 127 Å². The fraction of sp³-hybridized carbons (Fsp3) is 0.0690. The van der Waals surface area contributed by atoms with Gasteiger partial charge in [-0.2, -0.15) is 0 Å². The highest BCUT2D eigenvalue weighted by molar-refractivity contribution is 8.00. The van der Waals surface area contributed by atoms with Crippen LogP contribution in [-0.4, -0.2) is 20.2 Å². The number of aromatic hydroxyl groups is 3. The van der Waals surface area contributed by atoms with E-state index in [1.54, 1.807) is 53.9 Å². The monoisotopic (exact) mass is 1220 g/mol. The van der Waals surface area contributed by atoms with Crippen molar-refractivity contribution in [2.75, 3.05) is 16.0 Å². The first-order valence-electron chi connectivity index (χ1n) is 23.1. The summed E-state index contributed by atoms with van der Waals surface area (Å²) in [4.78, 5) is 16.8. The second kappa shape index (κ2) is 28.8. The molecule has 0 radical (unpaired) electrons. The molecular weight excluding hydrogens is 1180 g/mol. The number of nitro benzene ring substituents is 1. The van der Waals surface area contributed by atoms with E-state index >= 15 is 0 Å². The molecule has 0 aliphatic heterocycles. The van der Waals surface area contributed by atoms with Crippen LogP contribution in [0.5, 0.6) is 17.2 Å². The Labute approximate surface area is 494 Å². The van der Waals surface area contributed by atoms with Crippen molar-refractivity contribution >= 4 is 139 Å². The third-order valence-corrected chi connectivity index (χ3v) is 16.1. The summed E-state index contributed by atoms with van der Waals surface area (Å²) in [5.41, 5.74) is 5.99. The number of anilines is 3. The topological polar surface area (TPSA) is 140 Å². The van der Waals surface area contributed by atoms with Crippen LogP contribution in [0.4, 0.5) is 22.7 Å². The van der Waals surface area contributed by atoms with E-state index in [1.807, 2.05) is 78.9 Å². The lowest BCUT2D eigenvalue weighted by atomic mass is 10.2. The molecule has 0 aliphatic carbocycles. The number of nitrogens with one attached hydrogen (secondary N) is 3. The van der Waals surface area contributed by atoms with Crippen LogP contribution >= 0.6 is 116 Å². The first kappa shape index (κ1) is 58.9. The van der Waals surface area contributed by atoms with Crippen LogP contribution in [0, 0.1) is 17.0 Å². The van der Waals surface area contributed by atoms with Crippen molar-refractivity contribution in [2.24, 2.45) is 0 Å². The van der Waals surface area contributed by atoms with Gasteiger partial charge in [-0.3, -0.25) is 10.1 Å². The van der Waals surface area contributed by atoms with Crippen molar-refractivity contribution in [3.63, 3.8) is 0 Å². The van der Waals surface area contributed by atoms with Gasteiger partial charge < -0.3 is 31.3 Å². The minimum absolute atomic E-state index is 0.00565. The van der Waals surface area contributed by atoms with Gasteiger partial charge >= 0.3 is 0 Å². The van der Waals surface area contributed by atoms with E-state index in [4.69, 9.17) is 81.2 Å². The molecule has 0 atom stereocenters. The standard InChI is InChI=1S/C20H17Cl2NOS.C19H14Cl3NOS.C19H14Cl2N2O3S/c1-13-6-8-16(9-7-13)25-19-5-3-2-4-14(19)12-23-18-11-15(21)10-17(22)20(18)24;20-13-5-7-15(8-6-13)25-18-4-2-1-3-12(18)11-23-17-10-14(21)9-16(22)19(17)24;20-13-9-16(21)19(24)17(10-13)22-11-12-3-1-2-4-18(12)27-15-7-5-14(6-8-15)23(25)26/h2-11,23-24H,12H2,1H3;1-10,23-24H,11H2;1-10,22,24H,11H2. The van der Waals surface area contributed by atoms with Gasteiger partial charge in [-0.1, -0.05) is 189 Å². The maximum absolute atomic E-state index is 10.8. The Morgan fingerprint density at radius 2 is 0.714 bits per heavy atom. The van der Waals surface area contributed by atoms with Crippen LogP contribution in [0.25, 0.3) is 0 Å². The summed E-state index contributed by atoms with van der Waals surface area (Å²) >= 11 is 46.7. The smallest absolute Gasteiger partial charge is 0.269 e. The van der Waals surface area contributed by atoms with Crippen molar-refractivity contribution in [1.29, 1.82) is 0 Å². The molecule has 0 aromatic heterocycles. The Kier molecular flexibility index (Phi) is 22.0. The third kappa shape index (κ3) is 17.6. The lowest BCUT2D eigenvalue weighted by molar-refractivity contribution is -0.384. The summed E-state index contributed by atoms with van der Waals surface area (Å²) in [5, 5.41) is 53.2. The van der Waals surface area contributed by atoms with Gasteiger partial charge in [0.2, 0.25) is 0 Å². The molecule has 9 aromatic rings. The number of nitro groups is 1. The van der Waals surface area contributed by atoms with Crippen LogP contribution < -0.4 is 16.0 Å². The molecule has 0 spiro atoms. The van der Waals surface area contributed by atoms with Crippen LogP contribution in [0.2, 0.25) is 35.2 Å². The van der Waals surface area contributed by atoms with Crippen LogP contribution in [0.15, 0.2) is 211 Å². The first-order valence-corrected chi connectivity index (χ1v) is 28.2. The third-order valence-electron chi connectivity index (χ3n) is 11.0. The highest BCUT2D eigenvalue weighted by Crippen LogP contribution is 2.40. The Morgan fingerprint density at radius 1 is 0.416 bits per heavy atom. The molecule has 0 aliphatic rings. The highest BCUT2D eigenvalue weighted by atomic mass is 35.5. The second-order valence-corrected chi connectivity index (χ2v) is 22.9. The molecule has 9 rings (SSSR count).